The molecule has 0 saturated carbocycles. The Morgan fingerprint density at radius 1 is 1.09 bits per heavy atom. The lowest BCUT2D eigenvalue weighted by Gasteiger charge is -2.06. The van der Waals surface area contributed by atoms with E-state index in [9.17, 15) is 8.42 Å². The van der Waals surface area contributed by atoms with Crippen LogP contribution in [0.5, 0.6) is 0 Å². The highest BCUT2D eigenvalue weighted by Crippen LogP contribution is 2.08. The molecule has 0 aliphatic heterocycles. The minimum Gasteiger partial charge on any atom is -0.375 e. The van der Waals surface area contributed by atoms with Crippen LogP contribution >= 0.6 is 0 Å². The predicted octanol–water partition coefficient (Wildman–Crippen LogP) is 2.79. The largest absolute Gasteiger partial charge is 0.375 e. The van der Waals surface area contributed by atoms with Gasteiger partial charge in [0.1, 0.15) is 0 Å². The Morgan fingerprint density at radius 2 is 1.65 bits per heavy atom. The molecule has 0 bridgehead atoms. The van der Waals surface area contributed by atoms with Gasteiger partial charge in [0, 0.05) is 6.04 Å². The van der Waals surface area contributed by atoms with Gasteiger partial charge in [-0.3, -0.25) is 4.55 Å². The first-order chi connectivity index (χ1) is 10.8. The van der Waals surface area contributed by atoms with Gasteiger partial charge in [-0.2, -0.15) is 8.42 Å². The van der Waals surface area contributed by atoms with E-state index in [2.05, 4.69) is 0 Å². The topological polar surface area (TPSA) is 89.6 Å². The third kappa shape index (κ3) is 8.47. The molecule has 0 aromatic heterocycles. The molecule has 2 rings (SSSR count). The second-order valence-corrected chi connectivity index (χ2v) is 6.69. The highest BCUT2D eigenvalue weighted by atomic mass is 32.2. The molecule has 2 aromatic rings. The fraction of sp³-hybridized carbons (Fsp3) is 0.294. The van der Waals surface area contributed by atoms with Crippen molar-refractivity contribution in [3.63, 3.8) is 0 Å². The summed E-state index contributed by atoms with van der Waals surface area (Å²) in [5.41, 5.74) is 7.68. The van der Waals surface area contributed by atoms with E-state index in [4.69, 9.17) is 15.0 Å². The highest BCUT2D eigenvalue weighted by molar-refractivity contribution is 7.85. The highest BCUT2D eigenvalue weighted by Gasteiger charge is 2.06. The molecule has 0 amide bonds. The van der Waals surface area contributed by atoms with Gasteiger partial charge in [-0.15, -0.1) is 0 Å². The molecular formula is C17H23NO4S. The number of hydrogen-bond acceptors (Lipinski definition) is 4. The lowest BCUT2D eigenvalue weighted by molar-refractivity contribution is 0.111. The summed E-state index contributed by atoms with van der Waals surface area (Å²) in [6.45, 7) is 5.05. The van der Waals surface area contributed by atoms with Crippen LogP contribution < -0.4 is 5.73 Å². The maximum Gasteiger partial charge on any atom is 0.294 e. The van der Waals surface area contributed by atoms with Gasteiger partial charge < -0.3 is 10.5 Å². The van der Waals surface area contributed by atoms with Gasteiger partial charge in [-0.05, 0) is 31.5 Å². The molecule has 0 saturated heterocycles. The van der Waals surface area contributed by atoms with E-state index in [0.717, 1.165) is 5.56 Å². The Hall–Kier alpha value is -1.73. The van der Waals surface area contributed by atoms with Crippen LogP contribution in [0.1, 0.15) is 18.1 Å². The van der Waals surface area contributed by atoms with Gasteiger partial charge in [-0.1, -0.05) is 48.0 Å². The fourth-order valence-electron chi connectivity index (χ4n) is 1.65. The summed E-state index contributed by atoms with van der Waals surface area (Å²) in [7, 11) is -4.02. The molecule has 1 atom stereocenters. The third-order valence-corrected chi connectivity index (χ3v) is 3.68. The molecule has 0 radical (unpaired) electrons. The standard InChI is InChI=1S/C10H15NO.C7H8O3S/c1-9(11)7-12-8-10-5-3-2-4-6-10;1-6-2-4-7(5-3-6)11(8,9)10/h2-6,9H,7-8,11H2,1H3;2-5H,1H3,(H,8,9,10)/t9-;/m0./s1. The van der Waals surface area contributed by atoms with E-state index in [1.54, 1.807) is 12.1 Å². The van der Waals surface area contributed by atoms with Crippen LogP contribution in [0.25, 0.3) is 0 Å². The zero-order chi connectivity index (χ0) is 17.3. The first kappa shape index (κ1) is 19.3. The Balaban J connectivity index is 0.000000231. The fourth-order valence-corrected chi connectivity index (χ4v) is 2.13. The van der Waals surface area contributed by atoms with E-state index < -0.39 is 10.1 Å². The monoisotopic (exact) mass is 337 g/mol. The smallest absolute Gasteiger partial charge is 0.294 e. The molecule has 0 aliphatic rings. The molecule has 5 nitrogen and oxygen atoms in total. The molecule has 0 heterocycles. The molecule has 0 aliphatic carbocycles. The van der Waals surface area contributed by atoms with Crippen LogP contribution in [0.3, 0.4) is 0 Å². The summed E-state index contributed by atoms with van der Waals surface area (Å²) >= 11 is 0. The molecule has 0 fully saturated rings. The van der Waals surface area contributed by atoms with Gasteiger partial charge >= 0.3 is 0 Å². The summed E-state index contributed by atoms with van der Waals surface area (Å²) in [4.78, 5) is -0.0666. The summed E-state index contributed by atoms with van der Waals surface area (Å²) < 4.78 is 34.9. The SMILES string of the molecule is C[C@H](N)COCc1ccccc1.Cc1ccc(S(=O)(=O)O)cc1. The zero-order valence-corrected chi connectivity index (χ0v) is 14.2. The number of rotatable bonds is 5. The van der Waals surface area contributed by atoms with E-state index in [1.807, 2.05) is 44.2 Å². The first-order valence-electron chi connectivity index (χ1n) is 7.20. The number of aryl methyl sites for hydroxylation is 1. The Bertz CT molecular complexity index is 667. The van der Waals surface area contributed by atoms with Gasteiger partial charge in [0.15, 0.2) is 0 Å². The minimum atomic E-state index is -4.02. The van der Waals surface area contributed by atoms with Crippen LogP contribution in [-0.2, 0) is 21.5 Å². The van der Waals surface area contributed by atoms with E-state index in [1.165, 1.54) is 17.7 Å². The molecule has 2 aromatic carbocycles. The van der Waals surface area contributed by atoms with Crippen molar-refractivity contribution in [1.29, 1.82) is 0 Å². The van der Waals surface area contributed by atoms with Crippen molar-refractivity contribution in [2.24, 2.45) is 5.73 Å². The number of nitrogens with two attached hydrogens (primary N) is 1. The van der Waals surface area contributed by atoms with Crippen molar-refractivity contribution in [2.75, 3.05) is 6.61 Å². The van der Waals surface area contributed by atoms with Gasteiger partial charge in [0.2, 0.25) is 0 Å². The number of benzene rings is 2. The molecular weight excluding hydrogens is 314 g/mol. The molecule has 3 N–H and O–H groups in total. The predicted molar refractivity (Wildman–Crippen MR) is 90.7 cm³/mol. The van der Waals surface area contributed by atoms with E-state index >= 15 is 0 Å². The van der Waals surface area contributed by atoms with Crippen molar-refractivity contribution in [1.82, 2.24) is 0 Å². The van der Waals surface area contributed by atoms with Crippen LogP contribution in [-0.4, -0.2) is 25.6 Å². The quantitative estimate of drug-likeness (QED) is 0.819. The Labute approximate surface area is 137 Å². The van der Waals surface area contributed by atoms with Crippen LogP contribution in [0.15, 0.2) is 59.5 Å². The molecule has 126 valence electrons. The lowest BCUT2D eigenvalue weighted by atomic mass is 10.2. The Kier molecular flexibility index (Phi) is 7.91. The van der Waals surface area contributed by atoms with Crippen LogP contribution in [0.2, 0.25) is 0 Å². The number of ether oxygens (including phenoxy) is 1. The second-order valence-electron chi connectivity index (χ2n) is 5.27. The number of hydrogen-bond donors (Lipinski definition) is 2. The molecule has 0 spiro atoms. The molecule has 0 unspecified atom stereocenters. The van der Waals surface area contributed by atoms with E-state index in [0.29, 0.717) is 13.2 Å². The van der Waals surface area contributed by atoms with Gasteiger partial charge in [0.05, 0.1) is 18.1 Å². The van der Waals surface area contributed by atoms with Crippen molar-refractivity contribution < 1.29 is 17.7 Å². The van der Waals surface area contributed by atoms with Crippen LogP contribution in [0.4, 0.5) is 0 Å². The van der Waals surface area contributed by atoms with Crippen LogP contribution in [0, 0.1) is 6.92 Å². The molecule has 6 heteroatoms. The maximum absolute atomic E-state index is 10.5. The summed E-state index contributed by atoms with van der Waals surface area (Å²) in [5, 5.41) is 0. The van der Waals surface area contributed by atoms with Gasteiger partial charge in [0.25, 0.3) is 10.1 Å². The summed E-state index contributed by atoms with van der Waals surface area (Å²) in [6.07, 6.45) is 0. The zero-order valence-electron chi connectivity index (χ0n) is 13.3. The normalized spacial score (nSPS) is 12.2. The summed E-state index contributed by atoms with van der Waals surface area (Å²) in [6, 6.07) is 16.2. The van der Waals surface area contributed by atoms with Crippen molar-refractivity contribution in [2.45, 2.75) is 31.4 Å². The summed E-state index contributed by atoms with van der Waals surface area (Å²) in [5.74, 6) is 0. The Morgan fingerprint density at radius 3 is 2.13 bits per heavy atom. The average Bonchev–Trinajstić information content (AvgIpc) is 2.48. The third-order valence-electron chi connectivity index (χ3n) is 2.81. The van der Waals surface area contributed by atoms with Gasteiger partial charge in [-0.25, -0.2) is 0 Å². The lowest BCUT2D eigenvalue weighted by Crippen LogP contribution is -2.21. The van der Waals surface area contributed by atoms with Crippen molar-refractivity contribution >= 4 is 10.1 Å². The van der Waals surface area contributed by atoms with E-state index in [-0.39, 0.29) is 10.9 Å². The first-order valence-corrected chi connectivity index (χ1v) is 8.64. The average molecular weight is 337 g/mol. The molecule has 23 heavy (non-hydrogen) atoms. The van der Waals surface area contributed by atoms with Crippen molar-refractivity contribution in [3.05, 3.63) is 65.7 Å². The second kappa shape index (κ2) is 9.42. The van der Waals surface area contributed by atoms with Crippen molar-refractivity contribution in [3.8, 4) is 0 Å². The maximum atomic E-state index is 10.5. The minimum absolute atomic E-state index is 0.0666.